The highest BCUT2D eigenvalue weighted by Gasteiger charge is 2.16. The van der Waals surface area contributed by atoms with E-state index in [1.165, 1.54) is 19.2 Å². The van der Waals surface area contributed by atoms with E-state index in [0.717, 1.165) is 0 Å². The number of hydrogen-bond acceptors (Lipinski definition) is 4. The molecule has 21 heavy (non-hydrogen) atoms. The summed E-state index contributed by atoms with van der Waals surface area (Å²) >= 11 is 0. The maximum absolute atomic E-state index is 13.9. The molecule has 2 rings (SSSR count). The molecular formula is C16H16FNO3. The van der Waals surface area contributed by atoms with Crippen molar-refractivity contribution in [3.05, 3.63) is 58.9 Å². The molecule has 0 radical (unpaired) electrons. The Labute approximate surface area is 122 Å². The summed E-state index contributed by atoms with van der Waals surface area (Å²) < 4.78 is 24.2. The molecule has 2 aromatic carbocycles. The number of carbonyl (C=O) groups excluding carboxylic acids is 1. The molecule has 0 aliphatic heterocycles. The van der Waals surface area contributed by atoms with Gasteiger partial charge in [0.15, 0.2) is 0 Å². The molecule has 0 aliphatic carbocycles. The number of nitrogen functional groups attached to an aromatic ring is 1. The molecule has 2 aromatic rings. The number of halogens is 1. The number of hydrogen-bond donors (Lipinski definition) is 1. The molecule has 0 atom stereocenters. The van der Waals surface area contributed by atoms with Crippen molar-refractivity contribution in [2.75, 3.05) is 12.8 Å². The Morgan fingerprint density at radius 3 is 2.71 bits per heavy atom. The molecule has 2 N–H and O–H groups in total. The van der Waals surface area contributed by atoms with Gasteiger partial charge in [-0.2, -0.15) is 0 Å². The highest BCUT2D eigenvalue weighted by atomic mass is 19.1. The van der Waals surface area contributed by atoms with Gasteiger partial charge in [0, 0.05) is 11.3 Å². The summed E-state index contributed by atoms with van der Waals surface area (Å²) in [7, 11) is 1.53. The normalized spacial score (nSPS) is 10.2. The quantitative estimate of drug-likeness (QED) is 0.694. The molecule has 0 unspecified atom stereocenters. The van der Waals surface area contributed by atoms with E-state index in [1.54, 1.807) is 25.1 Å². The first kappa shape index (κ1) is 14.8. The number of aryl methyl sites for hydroxylation is 1. The van der Waals surface area contributed by atoms with Crippen LogP contribution in [0.2, 0.25) is 0 Å². The van der Waals surface area contributed by atoms with Crippen LogP contribution in [0.5, 0.6) is 5.75 Å². The number of anilines is 1. The monoisotopic (exact) mass is 289 g/mol. The van der Waals surface area contributed by atoms with Crippen LogP contribution >= 0.6 is 0 Å². The molecule has 0 amide bonds. The van der Waals surface area contributed by atoms with E-state index < -0.39 is 11.8 Å². The standard InChI is InChI=1S/C16H16FNO3/c1-10-7-12(18)8-13(15(10)17)16(19)21-9-11-5-3-4-6-14(11)20-2/h3-8H,9,18H2,1-2H3. The van der Waals surface area contributed by atoms with Crippen LogP contribution in [0.3, 0.4) is 0 Å². The summed E-state index contributed by atoms with van der Waals surface area (Å²) in [5.41, 5.74) is 6.79. The lowest BCUT2D eigenvalue weighted by Crippen LogP contribution is -2.10. The fraction of sp³-hybridized carbons (Fsp3) is 0.188. The van der Waals surface area contributed by atoms with E-state index in [-0.39, 0.29) is 12.2 Å². The first-order valence-electron chi connectivity index (χ1n) is 6.37. The summed E-state index contributed by atoms with van der Waals surface area (Å²) in [6.07, 6.45) is 0. The van der Waals surface area contributed by atoms with E-state index in [4.69, 9.17) is 15.2 Å². The van der Waals surface area contributed by atoms with Gasteiger partial charge in [0.1, 0.15) is 18.2 Å². The zero-order valence-corrected chi connectivity index (χ0v) is 11.9. The highest BCUT2D eigenvalue weighted by Crippen LogP contribution is 2.21. The van der Waals surface area contributed by atoms with Crippen molar-refractivity contribution in [2.45, 2.75) is 13.5 Å². The van der Waals surface area contributed by atoms with E-state index in [0.29, 0.717) is 22.6 Å². The van der Waals surface area contributed by atoms with Gasteiger partial charge in [-0.3, -0.25) is 0 Å². The third kappa shape index (κ3) is 3.31. The van der Waals surface area contributed by atoms with Gasteiger partial charge in [0.05, 0.1) is 12.7 Å². The van der Waals surface area contributed by atoms with Crippen molar-refractivity contribution in [3.8, 4) is 5.75 Å². The molecule has 5 heteroatoms. The second-order valence-electron chi connectivity index (χ2n) is 4.59. The van der Waals surface area contributed by atoms with Crippen molar-refractivity contribution < 1.29 is 18.7 Å². The van der Waals surface area contributed by atoms with Gasteiger partial charge >= 0.3 is 5.97 Å². The van der Waals surface area contributed by atoms with E-state index in [9.17, 15) is 9.18 Å². The SMILES string of the molecule is COc1ccccc1COC(=O)c1cc(N)cc(C)c1F. The molecule has 0 saturated heterocycles. The Morgan fingerprint density at radius 2 is 2.00 bits per heavy atom. The molecule has 0 fully saturated rings. The average Bonchev–Trinajstić information content (AvgIpc) is 2.48. The fourth-order valence-electron chi connectivity index (χ4n) is 1.99. The Balaban J connectivity index is 2.16. The molecule has 4 nitrogen and oxygen atoms in total. The number of methoxy groups -OCH3 is 1. The zero-order chi connectivity index (χ0) is 15.4. The molecular weight excluding hydrogens is 273 g/mol. The van der Waals surface area contributed by atoms with Crippen LogP contribution in [-0.2, 0) is 11.3 Å². The van der Waals surface area contributed by atoms with Gasteiger partial charge in [-0.1, -0.05) is 18.2 Å². The number of benzene rings is 2. The van der Waals surface area contributed by atoms with Crippen molar-refractivity contribution in [3.63, 3.8) is 0 Å². The van der Waals surface area contributed by atoms with Crippen LogP contribution in [-0.4, -0.2) is 13.1 Å². The van der Waals surface area contributed by atoms with Crippen molar-refractivity contribution in [2.24, 2.45) is 0 Å². The second kappa shape index (κ2) is 6.26. The number of para-hydroxylation sites is 1. The number of carbonyl (C=O) groups is 1. The molecule has 0 bridgehead atoms. The second-order valence-corrected chi connectivity index (χ2v) is 4.59. The predicted molar refractivity (Wildman–Crippen MR) is 77.7 cm³/mol. The number of nitrogens with two attached hydrogens (primary N) is 1. The molecule has 0 aliphatic rings. The minimum absolute atomic E-state index is 0.00384. The molecule has 0 aromatic heterocycles. The third-order valence-electron chi connectivity index (χ3n) is 3.05. The summed E-state index contributed by atoms with van der Waals surface area (Å²) in [6, 6.07) is 9.88. The summed E-state index contributed by atoms with van der Waals surface area (Å²) in [6.45, 7) is 1.54. The fourth-order valence-corrected chi connectivity index (χ4v) is 1.99. The maximum Gasteiger partial charge on any atom is 0.341 e. The van der Waals surface area contributed by atoms with Crippen LogP contribution in [0.4, 0.5) is 10.1 Å². The lowest BCUT2D eigenvalue weighted by Gasteiger charge is -2.10. The molecule has 110 valence electrons. The number of ether oxygens (including phenoxy) is 2. The van der Waals surface area contributed by atoms with Crippen LogP contribution in [0, 0.1) is 12.7 Å². The first-order chi connectivity index (χ1) is 10.0. The van der Waals surface area contributed by atoms with E-state index >= 15 is 0 Å². The van der Waals surface area contributed by atoms with Gasteiger partial charge < -0.3 is 15.2 Å². The van der Waals surface area contributed by atoms with Gasteiger partial charge in [-0.25, -0.2) is 9.18 Å². The minimum Gasteiger partial charge on any atom is -0.496 e. The lowest BCUT2D eigenvalue weighted by molar-refractivity contribution is 0.0464. The van der Waals surface area contributed by atoms with E-state index in [1.807, 2.05) is 6.07 Å². The topological polar surface area (TPSA) is 61.5 Å². The summed E-state index contributed by atoms with van der Waals surface area (Å²) in [5.74, 6) is -0.766. The van der Waals surface area contributed by atoms with E-state index in [2.05, 4.69) is 0 Å². The largest absolute Gasteiger partial charge is 0.496 e. The average molecular weight is 289 g/mol. The van der Waals surface area contributed by atoms with Gasteiger partial charge in [-0.05, 0) is 30.7 Å². The van der Waals surface area contributed by atoms with Crippen LogP contribution in [0.1, 0.15) is 21.5 Å². The Kier molecular flexibility index (Phi) is 4.42. The Morgan fingerprint density at radius 1 is 1.29 bits per heavy atom. The van der Waals surface area contributed by atoms with Crippen LogP contribution in [0.25, 0.3) is 0 Å². The molecule has 0 saturated carbocycles. The maximum atomic E-state index is 13.9. The minimum atomic E-state index is -0.756. The Bertz CT molecular complexity index is 671. The van der Waals surface area contributed by atoms with Crippen LogP contribution < -0.4 is 10.5 Å². The van der Waals surface area contributed by atoms with Crippen molar-refractivity contribution >= 4 is 11.7 Å². The molecule has 0 heterocycles. The predicted octanol–water partition coefficient (Wildman–Crippen LogP) is 3.08. The smallest absolute Gasteiger partial charge is 0.341 e. The lowest BCUT2D eigenvalue weighted by atomic mass is 10.1. The van der Waals surface area contributed by atoms with Gasteiger partial charge in [0.25, 0.3) is 0 Å². The summed E-state index contributed by atoms with van der Waals surface area (Å²) in [4.78, 5) is 12.0. The van der Waals surface area contributed by atoms with Gasteiger partial charge in [0.2, 0.25) is 0 Å². The zero-order valence-electron chi connectivity index (χ0n) is 11.9. The van der Waals surface area contributed by atoms with Crippen molar-refractivity contribution in [1.82, 2.24) is 0 Å². The van der Waals surface area contributed by atoms with Crippen molar-refractivity contribution in [1.29, 1.82) is 0 Å². The first-order valence-corrected chi connectivity index (χ1v) is 6.37. The summed E-state index contributed by atoms with van der Waals surface area (Å²) in [5, 5.41) is 0. The Hall–Kier alpha value is -2.56. The highest BCUT2D eigenvalue weighted by molar-refractivity contribution is 5.91. The third-order valence-corrected chi connectivity index (χ3v) is 3.05. The molecule has 0 spiro atoms. The number of esters is 1. The van der Waals surface area contributed by atoms with Gasteiger partial charge in [-0.15, -0.1) is 0 Å². The number of rotatable bonds is 4. The van der Waals surface area contributed by atoms with Crippen LogP contribution in [0.15, 0.2) is 36.4 Å².